The molecule has 0 atom stereocenters. The molecule has 0 unspecified atom stereocenters. The second-order valence-corrected chi connectivity index (χ2v) is 8.77. The first-order chi connectivity index (χ1) is 16.2. The van der Waals surface area contributed by atoms with Crippen LogP contribution in [0.15, 0.2) is 93.2 Å². The van der Waals surface area contributed by atoms with Crippen molar-refractivity contribution in [1.29, 1.82) is 0 Å². The lowest BCUT2D eigenvalue weighted by molar-refractivity contribution is 0.473. The highest BCUT2D eigenvalue weighted by Gasteiger charge is 2.14. The van der Waals surface area contributed by atoms with Crippen molar-refractivity contribution in [2.24, 2.45) is 0 Å². The number of hydrogen-bond donors (Lipinski definition) is 0. The summed E-state index contributed by atoms with van der Waals surface area (Å²) in [6.45, 7) is 2.49. The summed E-state index contributed by atoms with van der Waals surface area (Å²) in [6, 6.07) is 25.6. The van der Waals surface area contributed by atoms with Gasteiger partial charge >= 0.3 is 0 Å². The molecule has 2 heterocycles. The molecular formula is C26H22N4O2S. The first-order valence-electron chi connectivity index (χ1n) is 10.7. The molecule has 0 aliphatic carbocycles. The van der Waals surface area contributed by atoms with E-state index < -0.39 is 0 Å². The summed E-state index contributed by atoms with van der Waals surface area (Å²) in [4.78, 5) is 18.1. The summed E-state index contributed by atoms with van der Waals surface area (Å²) in [6.07, 6.45) is 0.588. The molecule has 0 aliphatic rings. The highest BCUT2D eigenvalue weighted by Crippen LogP contribution is 2.23. The lowest BCUT2D eigenvalue weighted by Gasteiger charge is -2.13. The van der Waals surface area contributed by atoms with Crippen molar-refractivity contribution in [3.05, 3.63) is 118 Å². The molecule has 3 aromatic carbocycles. The van der Waals surface area contributed by atoms with Gasteiger partial charge in [-0.2, -0.15) is 0 Å². The number of rotatable bonds is 7. The van der Waals surface area contributed by atoms with Gasteiger partial charge in [-0.15, -0.1) is 10.2 Å². The largest absolute Gasteiger partial charge is 0.424 e. The highest BCUT2D eigenvalue weighted by molar-refractivity contribution is 7.98. The minimum Gasteiger partial charge on any atom is -0.424 e. The molecule has 5 rings (SSSR count). The minimum absolute atomic E-state index is 0.0565. The van der Waals surface area contributed by atoms with E-state index in [2.05, 4.69) is 10.2 Å². The molecule has 0 saturated carbocycles. The molecule has 0 N–H and O–H groups in total. The predicted octanol–water partition coefficient (Wildman–Crippen LogP) is 5.02. The first kappa shape index (κ1) is 21.2. The average Bonchev–Trinajstić information content (AvgIpc) is 3.29. The third kappa shape index (κ3) is 4.88. The lowest BCUT2D eigenvalue weighted by Crippen LogP contribution is -2.24. The molecule has 164 valence electrons. The molecule has 0 spiro atoms. The van der Waals surface area contributed by atoms with Crippen LogP contribution in [0.5, 0.6) is 0 Å². The maximum absolute atomic E-state index is 13.3. The van der Waals surface area contributed by atoms with Crippen LogP contribution in [0.1, 0.15) is 28.5 Å². The number of aromatic nitrogens is 4. The molecule has 0 amide bonds. The number of thioether (sulfide) groups is 1. The molecular weight excluding hydrogens is 432 g/mol. The van der Waals surface area contributed by atoms with Gasteiger partial charge < -0.3 is 4.42 Å². The smallest absolute Gasteiger partial charge is 0.262 e. The van der Waals surface area contributed by atoms with Gasteiger partial charge in [0.2, 0.25) is 11.8 Å². The van der Waals surface area contributed by atoms with Gasteiger partial charge in [0, 0.05) is 0 Å². The molecule has 0 saturated heterocycles. The van der Waals surface area contributed by atoms with Crippen LogP contribution in [0.2, 0.25) is 0 Å². The van der Waals surface area contributed by atoms with E-state index in [4.69, 9.17) is 9.40 Å². The van der Waals surface area contributed by atoms with Crippen LogP contribution in [0, 0.1) is 6.92 Å². The third-order valence-electron chi connectivity index (χ3n) is 5.32. The summed E-state index contributed by atoms with van der Waals surface area (Å²) < 4.78 is 7.56. The van der Waals surface area contributed by atoms with E-state index in [1.54, 1.807) is 4.57 Å². The molecule has 5 aromatic rings. The van der Waals surface area contributed by atoms with Gasteiger partial charge in [-0.05, 0) is 30.2 Å². The van der Waals surface area contributed by atoms with Crippen molar-refractivity contribution in [1.82, 2.24) is 19.7 Å². The van der Waals surface area contributed by atoms with E-state index in [9.17, 15) is 4.79 Å². The van der Waals surface area contributed by atoms with E-state index in [0.717, 1.165) is 11.1 Å². The van der Waals surface area contributed by atoms with Crippen LogP contribution in [-0.4, -0.2) is 19.7 Å². The van der Waals surface area contributed by atoms with Crippen molar-refractivity contribution in [2.75, 3.05) is 0 Å². The fourth-order valence-corrected chi connectivity index (χ4v) is 4.42. The Balaban J connectivity index is 1.41. The SMILES string of the molecule is Cc1ccc(Cn2c(SCc3nnc(Cc4ccccc4)o3)nc3ccccc3c2=O)cc1. The second-order valence-electron chi connectivity index (χ2n) is 7.83. The molecule has 7 heteroatoms. The quantitative estimate of drug-likeness (QED) is 0.254. The maximum Gasteiger partial charge on any atom is 0.262 e. The van der Waals surface area contributed by atoms with Gasteiger partial charge in [-0.25, -0.2) is 4.98 Å². The van der Waals surface area contributed by atoms with Crippen LogP contribution in [0.3, 0.4) is 0 Å². The van der Waals surface area contributed by atoms with Crippen LogP contribution in [0.4, 0.5) is 0 Å². The number of hydrogen-bond acceptors (Lipinski definition) is 6. The Morgan fingerprint density at radius 1 is 0.848 bits per heavy atom. The molecule has 0 fully saturated rings. The van der Waals surface area contributed by atoms with E-state index >= 15 is 0 Å². The standard InChI is InChI=1S/C26H22N4O2S/c1-18-11-13-20(14-12-18)16-30-25(31)21-9-5-6-10-22(21)27-26(30)33-17-24-29-28-23(32-24)15-19-7-3-2-4-8-19/h2-14H,15-17H2,1H3. The van der Waals surface area contributed by atoms with E-state index in [0.29, 0.717) is 46.6 Å². The van der Waals surface area contributed by atoms with Gasteiger partial charge in [-0.1, -0.05) is 84.1 Å². The van der Waals surface area contributed by atoms with E-state index in [1.807, 2.05) is 85.8 Å². The Kier molecular flexibility index (Phi) is 6.04. The van der Waals surface area contributed by atoms with E-state index in [1.165, 1.54) is 17.3 Å². The molecule has 0 radical (unpaired) electrons. The Bertz CT molecular complexity index is 1440. The second kappa shape index (κ2) is 9.42. The fourth-order valence-electron chi connectivity index (χ4n) is 3.59. The van der Waals surface area contributed by atoms with Crippen LogP contribution in [-0.2, 0) is 18.7 Å². The van der Waals surface area contributed by atoms with Gasteiger partial charge in [0.25, 0.3) is 5.56 Å². The monoisotopic (exact) mass is 454 g/mol. The van der Waals surface area contributed by atoms with Crippen LogP contribution in [0.25, 0.3) is 10.9 Å². The van der Waals surface area contributed by atoms with Crippen molar-refractivity contribution in [3.8, 4) is 0 Å². The number of fused-ring (bicyclic) bond motifs is 1. The average molecular weight is 455 g/mol. The normalized spacial score (nSPS) is 11.2. The zero-order chi connectivity index (χ0) is 22.6. The number of nitrogens with zero attached hydrogens (tertiary/aromatic N) is 4. The summed E-state index contributed by atoms with van der Waals surface area (Å²) in [5.74, 6) is 1.51. The zero-order valence-electron chi connectivity index (χ0n) is 18.1. The fraction of sp³-hybridized carbons (Fsp3) is 0.154. The van der Waals surface area contributed by atoms with Crippen molar-refractivity contribution < 1.29 is 4.42 Å². The van der Waals surface area contributed by atoms with Crippen molar-refractivity contribution >= 4 is 22.7 Å². The third-order valence-corrected chi connectivity index (χ3v) is 6.28. The van der Waals surface area contributed by atoms with E-state index in [-0.39, 0.29) is 5.56 Å². The Labute approximate surface area is 195 Å². The predicted molar refractivity (Wildman–Crippen MR) is 129 cm³/mol. The molecule has 33 heavy (non-hydrogen) atoms. The lowest BCUT2D eigenvalue weighted by atomic mass is 10.1. The topological polar surface area (TPSA) is 73.8 Å². The maximum atomic E-state index is 13.3. The molecule has 6 nitrogen and oxygen atoms in total. The number of para-hydroxylation sites is 1. The highest BCUT2D eigenvalue weighted by atomic mass is 32.2. The van der Waals surface area contributed by atoms with Gasteiger partial charge in [-0.3, -0.25) is 9.36 Å². The molecule has 2 aromatic heterocycles. The Hall–Kier alpha value is -3.71. The Morgan fingerprint density at radius 3 is 2.39 bits per heavy atom. The number of benzene rings is 3. The van der Waals surface area contributed by atoms with Crippen LogP contribution < -0.4 is 5.56 Å². The van der Waals surface area contributed by atoms with Gasteiger partial charge in [0.15, 0.2) is 5.16 Å². The number of aryl methyl sites for hydroxylation is 1. The van der Waals surface area contributed by atoms with Gasteiger partial charge in [0.05, 0.1) is 29.6 Å². The molecule has 0 aliphatic heterocycles. The summed E-state index contributed by atoms with van der Waals surface area (Å²) in [7, 11) is 0. The summed E-state index contributed by atoms with van der Waals surface area (Å²) in [5, 5.41) is 9.59. The minimum atomic E-state index is -0.0565. The van der Waals surface area contributed by atoms with Crippen LogP contribution >= 0.6 is 11.8 Å². The van der Waals surface area contributed by atoms with Crippen molar-refractivity contribution in [3.63, 3.8) is 0 Å². The summed E-state index contributed by atoms with van der Waals surface area (Å²) >= 11 is 1.43. The van der Waals surface area contributed by atoms with Crippen molar-refractivity contribution in [2.45, 2.75) is 30.8 Å². The molecule has 0 bridgehead atoms. The first-order valence-corrected chi connectivity index (χ1v) is 11.7. The van der Waals surface area contributed by atoms with Gasteiger partial charge in [0.1, 0.15) is 0 Å². The summed E-state index contributed by atoms with van der Waals surface area (Å²) in [5.41, 5.74) is 3.97. The zero-order valence-corrected chi connectivity index (χ0v) is 19.0. The Morgan fingerprint density at radius 2 is 1.58 bits per heavy atom.